The molecule has 0 saturated carbocycles. The summed E-state index contributed by atoms with van der Waals surface area (Å²) in [5.41, 5.74) is 8.58. The average molecular weight is 810 g/mol. The quantitative estimate of drug-likeness (QED) is 0.140. The van der Waals surface area contributed by atoms with E-state index in [1.54, 1.807) is 24.3 Å². The van der Waals surface area contributed by atoms with Gasteiger partial charge in [-0.15, -0.1) is 0 Å². The summed E-state index contributed by atoms with van der Waals surface area (Å²) in [6, 6.07) is 65.7. The summed E-state index contributed by atoms with van der Waals surface area (Å²) in [6.45, 7) is 0. The molecule has 0 radical (unpaired) electrons. The van der Waals surface area contributed by atoms with E-state index in [4.69, 9.17) is 0 Å². The molecule has 0 fully saturated rings. The van der Waals surface area contributed by atoms with Gasteiger partial charge in [0.1, 0.15) is 0 Å². The lowest BCUT2D eigenvalue weighted by Crippen LogP contribution is -2.09. The van der Waals surface area contributed by atoms with Gasteiger partial charge in [0.05, 0.1) is 11.0 Å². The molecule has 0 aliphatic carbocycles. The minimum atomic E-state index is -0.405. The standard InChI is InChI=1S/C62H43N/c1-3-13-44(14-4-1)45-25-27-46(28-26-45)47-29-36-55(37-30-47)63(56-38-31-48(32-39-56)53-20-11-21-54(43-53)59-24-12-19-49-15-7-9-22-58(49)59)57-40-33-51(34-41-57)61-42-35-50-16-8-10-23-60(50)62(61)52-17-5-2-6-18-52/h1-43H/i29D,30D,33D,34D,36D,37D,40D,41D. The van der Waals surface area contributed by atoms with E-state index in [-0.39, 0.29) is 46.7 Å². The molecule has 63 heavy (non-hydrogen) atoms. The SMILES string of the molecule is [2H]c1c([2H])c(N(c2ccc(-c3cccc(-c4cccc5ccccc45)c3)cc2)c2c([2H])c([2H])c(-c3ccc4ccccc4c3-c3ccccc3)c([2H])c2[2H])c([2H])c([2H])c1-c1ccc(-c2ccccc2)cc1. The Hall–Kier alpha value is -8.26. The number of benzene rings is 11. The van der Waals surface area contributed by atoms with Gasteiger partial charge in [0.2, 0.25) is 0 Å². The number of anilines is 3. The fourth-order valence-electron chi connectivity index (χ4n) is 8.49. The van der Waals surface area contributed by atoms with Crippen molar-refractivity contribution in [1.29, 1.82) is 0 Å². The van der Waals surface area contributed by atoms with Crippen LogP contribution in [-0.4, -0.2) is 0 Å². The third kappa shape index (κ3) is 7.47. The van der Waals surface area contributed by atoms with Gasteiger partial charge in [0, 0.05) is 17.1 Å². The number of hydrogen-bond acceptors (Lipinski definition) is 1. The van der Waals surface area contributed by atoms with Crippen LogP contribution in [0.1, 0.15) is 11.0 Å². The maximum atomic E-state index is 9.80. The smallest absolute Gasteiger partial charge is 0.0645 e. The molecule has 11 rings (SSSR count). The highest BCUT2D eigenvalue weighted by Gasteiger charge is 2.17. The van der Waals surface area contributed by atoms with E-state index < -0.39 is 24.2 Å². The predicted molar refractivity (Wildman–Crippen MR) is 269 cm³/mol. The Morgan fingerprint density at radius 1 is 0.254 bits per heavy atom. The zero-order valence-electron chi connectivity index (χ0n) is 42.2. The van der Waals surface area contributed by atoms with Crippen molar-refractivity contribution in [3.8, 4) is 66.8 Å². The third-order valence-corrected chi connectivity index (χ3v) is 11.6. The van der Waals surface area contributed by atoms with Crippen molar-refractivity contribution in [2.75, 3.05) is 4.90 Å². The lowest BCUT2D eigenvalue weighted by atomic mass is 9.90. The van der Waals surface area contributed by atoms with Crippen LogP contribution >= 0.6 is 0 Å². The van der Waals surface area contributed by atoms with E-state index in [0.717, 1.165) is 66.1 Å². The Labute approximate surface area is 380 Å². The van der Waals surface area contributed by atoms with E-state index in [2.05, 4.69) is 42.5 Å². The van der Waals surface area contributed by atoms with Crippen LogP contribution in [0.5, 0.6) is 0 Å². The Morgan fingerprint density at radius 3 is 1.40 bits per heavy atom. The molecule has 0 bridgehead atoms. The molecule has 1 heteroatoms. The first-order valence-electron chi connectivity index (χ1n) is 25.0. The van der Waals surface area contributed by atoms with Crippen molar-refractivity contribution in [2.24, 2.45) is 0 Å². The monoisotopic (exact) mass is 809 g/mol. The molecule has 0 N–H and O–H groups in total. The molecular formula is C62H43N. The Bertz CT molecular complexity index is 3770. The molecule has 0 aliphatic heterocycles. The highest BCUT2D eigenvalue weighted by atomic mass is 15.1. The normalized spacial score (nSPS) is 13.0. The summed E-state index contributed by atoms with van der Waals surface area (Å²) < 4.78 is 77.2. The van der Waals surface area contributed by atoms with Crippen LogP contribution in [0.3, 0.4) is 0 Å². The van der Waals surface area contributed by atoms with Crippen molar-refractivity contribution in [1.82, 2.24) is 0 Å². The van der Waals surface area contributed by atoms with Gasteiger partial charge < -0.3 is 4.90 Å². The first-order valence-corrected chi connectivity index (χ1v) is 21.0. The summed E-state index contributed by atoms with van der Waals surface area (Å²) in [5, 5.41) is 4.12. The van der Waals surface area contributed by atoms with Crippen LogP contribution in [0, 0.1) is 0 Å². The van der Waals surface area contributed by atoms with Crippen LogP contribution in [0.25, 0.3) is 88.3 Å². The highest BCUT2D eigenvalue weighted by molar-refractivity contribution is 6.04. The van der Waals surface area contributed by atoms with E-state index in [0.29, 0.717) is 16.8 Å². The van der Waals surface area contributed by atoms with Crippen molar-refractivity contribution in [3.63, 3.8) is 0 Å². The molecular weight excluding hydrogens is 759 g/mol. The van der Waals surface area contributed by atoms with Gasteiger partial charge in [0.25, 0.3) is 0 Å². The second-order valence-corrected chi connectivity index (χ2v) is 15.5. The maximum Gasteiger partial charge on any atom is 0.0645 e. The zero-order valence-corrected chi connectivity index (χ0v) is 34.2. The fraction of sp³-hybridized carbons (Fsp3) is 0. The predicted octanol–water partition coefficient (Wildman–Crippen LogP) is 17.5. The molecule has 11 aromatic rings. The third-order valence-electron chi connectivity index (χ3n) is 11.6. The van der Waals surface area contributed by atoms with E-state index >= 15 is 0 Å². The van der Waals surface area contributed by atoms with Gasteiger partial charge in [-0.1, -0.05) is 218 Å². The van der Waals surface area contributed by atoms with Crippen LogP contribution < -0.4 is 4.90 Å². The van der Waals surface area contributed by atoms with Gasteiger partial charge in [-0.2, -0.15) is 0 Å². The lowest BCUT2D eigenvalue weighted by Gasteiger charge is -2.26. The molecule has 1 nitrogen and oxygen atoms in total. The lowest BCUT2D eigenvalue weighted by molar-refractivity contribution is 1.28. The van der Waals surface area contributed by atoms with Crippen molar-refractivity contribution < 1.29 is 11.0 Å². The number of hydrogen-bond donors (Lipinski definition) is 0. The summed E-state index contributed by atoms with van der Waals surface area (Å²) >= 11 is 0. The molecule has 0 heterocycles. The van der Waals surface area contributed by atoms with Gasteiger partial charge in [-0.25, -0.2) is 0 Å². The zero-order chi connectivity index (χ0) is 48.9. The first-order chi connectivity index (χ1) is 34.6. The molecule has 0 saturated heterocycles. The van der Waals surface area contributed by atoms with E-state index in [9.17, 15) is 11.0 Å². The average Bonchev–Trinajstić information content (AvgIpc) is 3.42. The Morgan fingerprint density at radius 2 is 0.714 bits per heavy atom. The molecule has 11 aromatic carbocycles. The van der Waals surface area contributed by atoms with E-state index in [1.165, 1.54) is 4.90 Å². The summed E-state index contributed by atoms with van der Waals surface area (Å²) in [5.74, 6) is 0. The fourth-order valence-corrected chi connectivity index (χ4v) is 8.49. The van der Waals surface area contributed by atoms with Gasteiger partial charge in [-0.05, 0) is 131 Å². The van der Waals surface area contributed by atoms with Crippen LogP contribution in [0.2, 0.25) is 0 Å². The van der Waals surface area contributed by atoms with Crippen LogP contribution in [-0.2, 0) is 0 Å². The number of rotatable bonds is 9. The largest absolute Gasteiger partial charge is 0.311 e. The van der Waals surface area contributed by atoms with Crippen LogP contribution in [0.15, 0.2) is 261 Å². The van der Waals surface area contributed by atoms with E-state index in [1.807, 2.05) is 146 Å². The van der Waals surface area contributed by atoms with Crippen molar-refractivity contribution in [2.45, 2.75) is 0 Å². The second-order valence-electron chi connectivity index (χ2n) is 15.5. The minimum absolute atomic E-state index is 0.101. The topological polar surface area (TPSA) is 3.24 Å². The molecule has 0 atom stereocenters. The van der Waals surface area contributed by atoms with Gasteiger partial charge in [-0.3, -0.25) is 0 Å². The highest BCUT2D eigenvalue weighted by Crippen LogP contribution is 2.42. The number of fused-ring (bicyclic) bond motifs is 2. The Balaban J connectivity index is 1.09. The maximum absolute atomic E-state index is 9.80. The second kappa shape index (κ2) is 16.7. The van der Waals surface area contributed by atoms with Crippen LogP contribution in [0.4, 0.5) is 17.1 Å². The summed E-state index contributed by atoms with van der Waals surface area (Å²) in [7, 11) is 0. The van der Waals surface area contributed by atoms with Crippen molar-refractivity contribution >= 4 is 38.6 Å². The summed E-state index contributed by atoms with van der Waals surface area (Å²) in [4.78, 5) is 1.36. The van der Waals surface area contributed by atoms with Gasteiger partial charge in [0.15, 0.2) is 0 Å². The molecule has 0 amide bonds. The molecule has 0 aliphatic rings. The molecule has 0 unspecified atom stereocenters. The number of nitrogens with zero attached hydrogens (tertiary/aromatic N) is 1. The van der Waals surface area contributed by atoms with Gasteiger partial charge >= 0.3 is 0 Å². The van der Waals surface area contributed by atoms with Crippen molar-refractivity contribution in [3.05, 3.63) is 261 Å². The molecule has 0 spiro atoms. The molecule has 0 aromatic heterocycles. The summed E-state index contributed by atoms with van der Waals surface area (Å²) in [6.07, 6.45) is 0. The Kier molecular flexibility index (Phi) is 7.90. The molecule has 296 valence electrons. The first kappa shape index (κ1) is 29.9. The minimum Gasteiger partial charge on any atom is -0.311 e.